The highest BCUT2D eigenvalue weighted by Gasteiger charge is 2.42. The van der Waals surface area contributed by atoms with E-state index in [1.807, 2.05) is 6.92 Å². The topological polar surface area (TPSA) is 80.5 Å². The van der Waals surface area contributed by atoms with Gasteiger partial charge in [0, 0.05) is 19.0 Å². The zero-order valence-corrected chi connectivity index (χ0v) is 13.9. The third-order valence-electron chi connectivity index (χ3n) is 4.45. The molecule has 1 aliphatic carbocycles. The second-order valence-corrected chi connectivity index (χ2v) is 8.47. The highest BCUT2D eigenvalue weighted by atomic mass is 32.2. The van der Waals surface area contributed by atoms with E-state index in [2.05, 4.69) is 4.98 Å². The van der Waals surface area contributed by atoms with Crippen LogP contribution in [0, 0.1) is 12.8 Å². The molecule has 1 saturated heterocycles. The number of carbonyl (C=O) groups is 1. The van der Waals surface area contributed by atoms with Crippen molar-refractivity contribution < 1.29 is 17.6 Å². The summed E-state index contributed by atoms with van der Waals surface area (Å²) in [4.78, 5) is 18.9. The predicted molar refractivity (Wildman–Crippen MR) is 81.4 cm³/mol. The number of aromatic nitrogens is 1. The van der Waals surface area contributed by atoms with Crippen molar-refractivity contribution in [2.24, 2.45) is 5.92 Å². The molecular formula is C15H22N2O4S. The fourth-order valence-electron chi connectivity index (χ4n) is 3.11. The van der Waals surface area contributed by atoms with E-state index in [-0.39, 0.29) is 23.5 Å². The van der Waals surface area contributed by atoms with Gasteiger partial charge in [-0.15, -0.1) is 0 Å². The Morgan fingerprint density at radius 2 is 2.14 bits per heavy atom. The maximum atomic E-state index is 12.9. The Balaban J connectivity index is 1.90. The summed E-state index contributed by atoms with van der Waals surface area (Å²) >= 11 is 0. The minimum Gasteiger partial charge on any atom is -0.445 e. The molecule has 2 fully saturated rings. The van der Waals surface area contributed by atoms with Crippen molar-refractivity contribution in [2.75, 3.05) is 18.1 Å². The zero-order valence-electron chi connectivity index (χ0n) is 13.0. The predicted octanol–water partition coefficient (Wildman–Crippen LogP) is 1.58. The molecule has 1 aliphatic heterocycles. The van der Waals surface area contributed by atoms with Crippen LogP contribution in [-0.4, -0.2) is 48.3 Å². The Morgan fingerprint density at radius 1 is 1.41 bits per heavy atom. The molecule has 3 rings (SSSR count). The first kappa shape index (κ1) is 15.5. The van der Waals surface area contributed by atoms with Crippen LogP contribution in [0.3, 0.4) is 0 Å². The molecule has 1 amide bonds. The Bertz CT molecular complexity index is 676. The van der Waals surface area contributed by atoms with E-state index in [4.69, 9.17) is 4.42 Å². The fraction of sp³-hybridized carbons (Fsp3) is 0.733. The number of sulfone groups is 1. The maximum Gasteiger partial charge on any atom is 0.276 e. The molecule has 0 aromatic carbocycles. The van der Waals surface area contributed by atoms with Gasteiger partial charge in [-0.3, -0.25) is 4.79 Å². The van der Waals surface area contributed by atoms with Gasteiger partial charge in [0.25, 0.3) is 5.91 Å². The molecule has 0 radical (unpaired) electrons. The van der Waals surface area contributed by atoms with Gasteiger partial charge in [-0.1, -0.05) is 6.92 Å². The van der Waals surface area contributed by atoms with E-state index in [1.165, 1.54) is 0 Å². The fourth-order valence-corrected chi connectivity index (χ4v) is 4.82. The summed E-state index contributed by atoms with van der Waals surface area (Å²) in [6, 6.07) is -0.207. The van der Waals surface area contributed by atoms with Crippen LogP contribution in [0.25, 0.3) is 0 Å². The summed E-state index contributed by atoms with van der Waals surface area (Å²) in [7, 11) is -3.07. The van der Waals surface area contributed by atoms with Crippen LogP contribution in [0.15, 0.2) is 4.42 Å². The van der Waals surface area contributed by atoms with Gasteiger partial charge in [-0.2, -0.15) is 0 Å². The molecular weight excluding hydrogens is 304 g/mol. The van der Waals surface area contributed by atoms with Gasteiger partial charge in [0.05, 0.1) is 11.5 Å². The number of amides is 1. The van der Waals surface area contributed by atoms with Gasteiger partial charge in [0.15, 0.2) is 21.4 Å². The van der Waals surface area contributed by atoms with Crippen molar-refractivity contribution >= 4 is 15.7 Å². The summed E-state index contributed by atoms with van der Waals surface area (Å²) < 4.78 is 29.6. The first-order valence-electron chi connectivity index (χ1n) is 7.89. The van der Waals surface area contributed by atoms with Crippen molar-refractivity contribution in [1.82, 2.24) is 9.88 Å². The first-order valence-corrected chi connectivity index (χ1v) is 9.71. The third kappa shape index (κ3) is 3.04. The highest BCUT2D eigenvalue weighted by molar-refractivity contribution is 7.91. The lowest BCUT2D eigenvalue weighted by molar-refractivity contribution is 0.0673. The highest BCUT2D eigenvalue weighted by Crippen LogP contribution is 2.37. The Labute approximate surface area is 130 Å². The van der Waals surface area contributed by atoms with Crippen LogP contribution in [-0.2, 0) is 16.3 Å². The molecule has 6 nitrogen and oxygen atoms in total. The Kier molecular flexibility index (Phi) is 4.01. The van der Waals surface area contributed by atoms with Gasteiger partial charge in [0.1, 0.15) is 5.76 Å². The molecule has 0 N–H and O–H groups in total. The average molecular weight is 326 g/mol. The number of hydrogen-bond acceptors (Lipinski definition) is 5. The largest absolute Gasteiger partial charge is 0.445 e. The molecule has 1 saturated carbocycles. The van der Waals surface area contributed by atoms with E-state index in [0.29, 0.717) is 42.6 Å². The molecule has 1 aromatic heterocycles. The van der Waals surface area contributed by atoms with Gasteiger partial charge in [0.2, 0.25) is 0 Å². The van der Waals surface area contributed by atoms with Crippen LogP contribution >= 0.6 is 0 Å². The minimum absolute atomic E-state index is 0.0843. The van der Waals surface area contributed by atoms with Crippen molar-refractivity contribution in [3.8, 4) is 0 Å². The van der Waals surface area contributed by atoms with Gasteiger partial charge in [-0.05, 0) is 32.1 Å². The van der Waals surface area contributed by atoms with Crippen molar-refractivity contribution in [3.05, 3.63) is 17.3 Å². The first-order chi connectivity index (χ1) is 10.4. The lowest BCUT2D eigenvalue weighted by Crippen LogP contribution is -2.44. The number of oxazole rings is 1. The zero-order chi connectivity index (χ0) is 15.9. The normalized spacial score (nSPS) is 25.0. The molecule has 2 heterocycles. The molecule has 1 atom stereocenters. The summed E-state index contributed by atoms with van der Waals surface area (Å²) in [6.45, 7) is 4.14. The standard InChI is InChI=1S/C15H22N2O4S/c1-3-13-16-14(10(2)21-13)15(18)17-7-4-8-22(19,20)9-12(17)11-5-6-11/h11-12H,3-9H2,1-2H3. The Hall–Kier alpha value is -1.37. The van der Waals surface area contributed by atoms with Crippen molar-refractivity contribution in [2.45, 2.75) is 45.6 Å². The minimum atomic E-state index is -3.07. The lowest BCUT2D eigenvalue weighted by Gasteiger charge is -2.29. The van der Waals surface area contributed by atoms with Crippen LogP contribution in [0.1, 0.15) is 48.3 Å². The maximum absolute atomic E-state index is 12.9. The van der Waals surface area contributed by atoms with Crippen molar-refractivity contribution in [1.29, 1.82) is 0 Å². The third-order valence-corrected chi connectivity index (χ3v) is 6.21. The van der Waals surface area contributed by atoms with Crippen LogP contribution in [0.4, 0.5) is 0 Å². The van der Waals surface area contributed by atoms with E-state index in [1.54, 1.807) is 11.8 Å². The number of nitrogens with zero attached hydrogens (tertiary/aromatic N) is 2. The second-order valence-electron chi connectivity index (χ2n) is 6.24. The van der Waals surface area contributed by atoms with Gasteiger partial charge >= 0.3 is 0 Å². The molecule has 0 bridgehead atoms. The molecule has 122 valence electrons. The van der Waals surface area contributed by atoms with E-state index < -0.39 is 9.84 Å². The van der Waals surface area contributed by atoms with E-state index in [0.717, 1.165) is 12.8 Å². The molecule has 7 heteroatoms. The molecule has 0 spiro atoms. The monoisotopic (exact) mass is 326 g/mol. The smallest absolute Gasteiger partial charge is 0.276 e. The average Bonchev–Trinajstić information content (AvgIpc) is 3.24. The second kappa shape index (κ2) is 5.68. The molecule has 1 aromatic rings. The van der Waals surface area contributed by atoms with Crippen molar-refractivity contribution in [3.63, 3.8) is 0 Å². The van der Waals surface area contributed by atoms with Gasteiger partial charge in [-0.25, -0.2) is 13.4 Å². The molecule has 2 aliphatic rings. The summed E-state index contributed by atoms with van der Waals surface area (Å²) in [6.07, 6.45) is 3.13. The summed E-state index contributed by atoms with van der Waals surface area (Å²) in [5, 5.41) is 0. The van der Waals surface area contributed by atoms with Crippen LogP contribution in [0.2, 0.25) is 0 Å². The number of hydrogen-bond donors (Lipinski definition) is 0. The van der Waals surface area contributed by atoms with Crippen LogP contribution in [0.5, 0.6) is 0 Å². The number of aryl methyl sites for hydroxylation is 2. The summed E-state index contributed by atoms with van der Waals surface area (Å²) in [5.41, 5.74) is 0.335. The number of rotatable bonds is 3. The molecule has 22 heavy (non-hydrogen) atoms. The van der Waals surface area contributed by atoms with E-state index >= 15 is 0 Å². The van der Waals surface area contributed by atoms with Gasteiger partial charge < -0.3 is 9.32 Å². The quantitative estimate of drug-likeness (QED) is 0.842. The number of carbonyl (C=O) groups excluding carboxylic acids is 1. The SMILES string of the molecule is CCc1nc(C(=O)N2CCCS(=O)(=O)CC2C2CC2)c(C)o1. The van der Waals surface area contributed by atoms with Crippen LogP contribution < -0.4 is 0 Å². The van der Waals surface area contributed by atoms with E-state index in [9.17, 15) is 13.2 Å². The lowest BCUT2D eigenvalue weighted by atomic mass is 10.1. The molecule has 1 unspecified atom stereocenters. The summed E-state index contributed by atoms with van der Waals surface area (Å²) in [5.74, 6) is 1.44. The Morgan fingerprint density at radius 3 is 2.73 bits per heavy atom.